The Bertz CT molecular complexity index is 2530. The number of amides is 1. The fourth-order valence-corrected chi connectivity index (χ4v) is 9.91. The number of carbonyl (C=O) groups is 1. The van der Waals surface area contributed by atoms with Crippen LogP contribution in [-0.4, -0.2) is 81.2 Å². The van der Waals surface area contributed by atoms with Gasteiger partial charge < -0.3 is 14.0 Å². The van der Waals surface area contributed by atoms with Crippen molar-refractivity contribution in [2.75, 3.05) is 38.1 Å². The summed E-state index contributed by atoms with van der Waals surface area (Å²) in [6.07, 6.45) is 6.28. The van der Waals surface area contributed by atoms with Gasteiger partial charge in [0.05, 0.1) is 4.90 Å². The fraction of sp³-hybridized carbons (Fsp3) is 0.205. The number of likely N-dealkylation sites (N-methyl/N-ethyl adjacent to an activating group) is 1. The average molecular weight is 815 g/mol. The van der Waals surface area contributed by atoms with Gasteiger partial charge in [0.15, 0.2) is 0 Å². The maximum atomic E-state index is 14.4. The summed E-state index contributed by atoms with van der Waals surface area (Å²) in [5, 5.41) is 2.31. The van der Waals surface area contributed by atoms with E-state index in [4.69, 9.17) is 4.18 Å². The molecule has 0 bridgehead atoms. The predicted molar refractivity (Wildman–Crippen MR) is 208 cm³/mol. The summed E-state index contributed by atoms with van der Waals surface area (Å²) in [5.41, 5.74) is 2.82. The van der Waals surface area contributed by atoms with Crippen molar-refractivity contribution in [1.29, 1.82) is 0 Å². The Kier molecular flexibility index (Phi) is 10.2. The monoisotopic (exact) mass is 813 g/mol. The van der Waals surface area contributed by atoms with Crippen LogP contribution >= 0.6 is 15.9 Å². The van der Waals surface area contributed by atoms with Crippen molar-refractivity contribution in [2.24, 2.45) is 0 Å². The Balaban J connectivity index is 1.15. The molecule has 3 heterocycles. The molecule has 4 aromatic carbocycles. The molecule has 0 aliphatic carbocycles. The summed E-state index contributed by atoms with van der Waals surface area (Å²) in [6, 6.07) is 24.4. The van der Waals surface area contributed by atoms with E-state index in [0.717, 1.165) is 20.0 Å². The normalized spacial score (nSPS) is 14.5. The number of fused-ring (bicyclic) bond motifs is 2. The predicted octanol–water partition coefficient (Wildman–Crippen LogP) is 6.20. The highest BCUT2D eigenvalue weighted by molar-refractivity contribution is 9.10. The smallest absolute Gasteiger partial charge is 0.339 e. The highest BCUT2D eigenvalue weighted by atomic mass is 79.9. The minimum Gasteiger partial charge on any atom is -0.379 e. The Morgan fingerprint density at radius 2 is 1.42 bits per heavy atom. The van der Waals surface area contributed by atoms with Gasteiger partial charge in [0, 0.05) is 89.7 Å². The van der Waals surface area contributed by atoms with Crippen LogP contribution in [0.1, 0.15) is 11.1 Å². The molecule has 0 radical (unpaired) electrons. The van der Waals surface area contributed by atoms with Crippen molar-refractivity contribution in [1.82, 2.24) is 19.2 Å². The summed E-state index contributed by atoms with van der Waals surface area (Å²) in [7, 11) is -6.95. The van der Waals surface area contributed by atoms with Crippen LogP contribution in [0, 0.1) is 6.92 Å². The van der Waals surface area contributed by atoms with Gasteiger partial charge in [-0.25, -0.2) is 8.42 Å². The number of hydrogen-bond donors (Lipinski definition) is 0. The Morgan fingerprint density at radius 1 is 0.811 bits per heavy atom. The van der Waals surface area contributed by atoms with Crippen molar-refractivity contribution >= 4 is 69.2 Å². The summed E-state index contributed by atoms with van der Waals surface area (Å²) in [4.78, 5) is 26.7. The second-order valence-corrected chi connectivity index (χ2v) is 17.3. The first kappa shape index (κ1) is 36.5. The van der Waals surface area contributed by atoms with E-state index in [0.29, 0.717) is 53.3 Å². The molecule has 14 heteroatoms. The standard InChI is InChI=1S/C39H36BrN5O6S2/c1-27-23-31(40)11-14-35(27)44-19-21-45(22-20-44)39(46)36(43(2)52(47,48)37-7-3-5-29-25-41-17-15-33(29)37)24-28-9-12-32(13-10-28)51-53(49,50)38-8-4-6-30-26-42-18-16-34(30)38/h3-18,23,25-26,36H,19-22,24H2,1-2H3/t36-/m0/s1. The van der Waals surface area contributed by atoms with Crippen LogP contribution in [0.4, 0.5) is 5.69 Å². The molecular formula is C39H36BrN5O6S2. The summed E-state index contributed by atoms with van der Waals surface area (Å²) < 4.78 is 63.0. The topological polar surface area (TPSA) is 130 Å². The van der Waals surface area contributed by atoms with Gasteiger partial charge in [-0.2, -0.15) is 12.7 Å². The van der Waals surface area contributed by atoms with Crippen LogP contribution in [0.25, 0.3) is 21.5 Å². The molecule has 1 fully saturated rings. The lowest BCUT2D eigenvalue weighted by Crippen LogP contribution is -2.56. The third-order valence-electron chi connectivity index (χ3n) is 9.58. The van der Waals surface area contributed by atoms with Gasteiger partial charge in [-0.15, -0.1) is 0 Å². The first-order chi connectivity index (χ1) is 25.4. The van der Waals surface area contributed by atoms with E-state index in [-0.39, 0.29) is 27.9 Å². The van der Waals surface area contributed by atoms with Crippen LogP contribution in [0.5, 0.6) is 5.75 Å². The molecule has 1 saturated heterocycles. The summed E-state index contributed by atoms with van der Waals surface area (Å²) in [6.45, 7) is 4.04. The van der Waals surface area contributed by atoms with Crippen LogP contribution in [-0.2, 0) is 31.4 Å². The minimum absolute atomic E-state index is 0.0126. The van der Waals surface area contributed by atoms with Gasteiger partial charge >= 0.3 is 10.1 Å². The zero-order valence-electron chi connectivity index (χ0n) is 29.0. The lowest BCUT2D eigenvalue weighted by atomic mass is 10.0. The zero-order chi connectivity index (χ0) is 37.3. The number of carbonyl (C=O) groups excluding carboxylic acids is 1. The number of hydrogen-bond acceptors (Lipinski definition) is 9. The van der Waals surface area contributed by atoms with Crippen LogP contribution in [0.15, 0.2) is 130 Å². The first-order valence-electron chi connectivity index (χ1n) is 16.9. The second-order valence-electron chi connectivity index (χ2n) is 12.9. The number of rotatable bonds is 10. The number of piperazine rings is 1. The molecule has 11 nitrogen and oxygen atoms in total. The fourth-order valence-electron chi connectivity index (χ4n) is 6.75. The van der Waals surface area contributed by atoms with E-state index in [1.54, 1.807) is 65.8 Å². The van der Waals surface area contributed by atoms with Crippen molar-refractivity contribution in [3.05, 3.63) is 131 Å². The minimum atomic E-state index is -4.20. The quantitative estimate of drug-likeness (QED) is 0.149. The van der Waals surface area contributed by atoms with Crippen molar-refractivity contribution in [3.63, 3.8) is 0 Å². The van der Waals surface area contributed by atoms with Crippen molar-refractivity contribution in [2.45, 2.75) is 29.2 Å². The number of halogens is 1. The lowest BCUT2D eigenvalue weighted by molar-refractivity contribution is -0.135. The third kappa shape index (κ3) is 7.49. The molecule has 0 saturated carbocycles. The maximum absolute atomic E-state index is 14.4. The number of pyridine rings is 2. The summed E-state index contributed by atoms with van der Waals surface area (Å²) >= 11 is 3.52. The van der Waals surface area contributed by atoms with Crippen LogP contribution in [0.2, 0.25) is 0 Å². The Labute approximate surface area is 317 Å². The van der Waals surface area contributed by atoms with Crippen molar-refractivity contribution < 1.29 is 25.8 Å². The maximum Gasteiger partial charge on any atom is 0.339 e. The number of aromatic nitrogens is 2. The van der Waals surface area contributed by atoms with Gasteiger partial charge in [-0.1, -0.05) is 52.3 Å². The molecule has 1 atom stereocenters. The molecule has 2 aromatic heterocycles. The Hall–Kier alpha value is -4.89. The van der Waals surface area contributed by atoms with E-state index < -0.39 is 26.2 Å². The van der Waals surface area contributed by atoms with E-state index in [9.17, 15) is 21.6 Å². The number of aryl methyl sites for hydroxylation is 1. The molecule has 1 aliphatic heterocycles. The molecule has 6 aromatic rings. The first-order valence-corrected chi connectivity index (χ1v) is 20.5. The highest BCUT2D eigenvalue weighted by Crippen LogP contribution is 2.30. The van der Waals surface area contributed by atoms with Gasteiger partial charge in [0.25, 0.3) is 0 Å². The van der Waals surface area contributed by atoms with E-state index in [1.807, 2.05) is 13.0 Å². The largest absolute Gasteiger partial charge is 0.379 e. The van der Waals surface area contributed by atoms with Gasteiger partial charge in [0.2, 0.25) is 15.9 Å². The number of benzene rings is 4. The molecule has 1 amide bonds. The molecule has 1 aliphatic rings. The molecule has 0 spiro atoms. The molecule has 0 N–H and O–H groups in total. The van der Waals surface area contributed by atoms with E-state index >= 15 is 0 Å². The van der Waals surface area contributed by atoms with Gasteiger partial charge in [0.1, 0.15) is 16.7 Å². The van der Waals surface area contributed by atoms with E-state index in [2.05, 4.69) is 42.9 Å². The zero-order valence-corrected chi connectivity index (χ0v) is 32.2. The van der Waals surface area contributed by atoms with Gasteiger partial charge in [-0.3, -0.25) is 14.8 Å². The van der Waals surface area contributed by atoms with Crippen LogP contribution < -0.4 is 9.08 Å². The van der Waals surface area contributed by atoms with Gasteiger partial charge in [-0.05, 0) is 79.1 Å². The van der Waals surface area contributed by atoms with Crippen molar-refractivity contribution in [3.8, 4) is 5.75 Å². The number of anilines is 1. The molecule has 272 valence electrons. The molecular weight excluding hydrogens is 778 g/mol. The molecule has 0 unspecified atom stereocenters. The molecule has 53 heavy (non-hydrogen) atoms. The third-order valence-corrected chi connectivity index (χ3v) is 13.3. The average Bonchev–Trinajstić information content (AvgIpc) is 3.16. The highest BCUT2D eigenvalue weighted by Gasteiger charge is 2.37. The van der Waals surface area contributed by atoms with Crippen LogP contribution in [0.3, 0.4) is 0 Å². The lowest BCUT2D eigenvalue weighted by Gasteiger charge is -2.39. The number of sulfonamides is 1. The molecule has 7 rings (SSSR count). The SMILES string of the molecule is Cc1cc(Br)ccc1N1CCN(C(=O)[C@H](Cc2ccc(OS(=O)(=O)c3cccc4cnccc34)cc2)N(C)S(=O)(=O)c2cccc3cnccc23)CC1. The van der Waals surface area contributed by atoms with E-state index in [1.165, 1.54) is 43.7 Å². The second kappa shape index (κ2) is 14.9. The summed E-state index contributed by atoms with van der Waals surface area (Å²) in [5.74, 6) is -0.245. The number of nitrogens with zero attached hydrogens (tertiary/aromatic N) is 5. The Morgan fingerprint density at radius 3 is 2.04 bits per heavy atom.